The van der Waals surface area contributed by atoms with Gasteiger partial charge in [0.2, 0.25) is 0 Å². The zero-order chi connectivity index (χ0) is 12.3. The zero-order valence-electron chi connectivity index (χ0n) is 10.8. The molecule has 2 rings (SSSR count). The second kappa shape index (κ2) is 5.52. The number of ether oxygens (including phenoxy) is 2. The molecule has 3 heteroatoms. The van der Waals surface area contributed by atoms with Gasteiger partial charge in [-0.3, -0.25) is 0 Å². The van der Waals surface area contributed by atoms with Crippen molar-refractivity contribution in [2.24, 2.45) is 0 Å². The van der Waals surface area contributed by atoms with Crippen molar-refractivity contribution in [2.45, 2.75) is 32.4 Å². The van der Waals surface area contributed by atoms with Crippen LogP contribution in [0.2, 0.25) is 0 Å². The first-order chi connectivity index (χ1) is 8.20. The van der Waals surface area contributed by atoms with Gasteiger partial charge in [-0.05, 0) is 50.6 Å². The minimum atomic E-state index is 0.211. The van der Waals surface area contributed by atoms with E-state index in [2.05, 4.69) is 23.5 Å². The molecule has 1 heterocycles. The minimum Gasteiger partial charge on any atom is -0.491 e. The number of fused-ring (bicyclic) bond motifs is 1. The largest absolute Gasteiger partial charge is 0.491 e. The Kier molecular flexibility index (Phi) is 4.02. The molecule has 1 N–H and O–H groups in total. The maximum absolute atomic E-state index is 5.75. The van der Waals surface area contributed by atoms with Gasteiger partial charge in [-0.15, -0.1) is 0 Å². The lowest BCUT2D eigenvalue weighted by Gasteiger charge is -2.18. The van der Waals surface area contributed by atoms with Gasteiger partial charge in [-0.25, -0.2) is 0 Å². The molecule has 0 aliphatic carbocycles. The molecule has 1 aliphatic heterocycles. The molecule has 0 bridgehead atoms. The van der Waals surface area contributed by atoms with Gasteiger partial charge in [0, 0.05) is 0 Å². The SMILES string of the molecule is CNC1COCCc2ccc(OC(C)C)cc21. The average molecular weight is 235 g/mol. The van der Waals surface area contributed by atoms with Gasteiger partial charge in [0.15, 0.2) is 0 Å². The van der Waals surface area contributed by atoms with Gasteiger partial charge in [-0.1, -0.05) is 6.07 Å². The van der Waals surface area contributed by atoms with E-state index in [0.29, 0.717) is 0 Å². The van der Waals surface area contributed by atoms with Crippen LogP contribution < -0.4 is 10.1 Å². The Balaban J connectivity index is 2.29. The zero-order valence-corrected chi connectivity index (χ0v) is 10.8. The maximum Gasteiger partial charge on any atom is 0.120 e. The summed E-state index contributed by atoms with van der Waals surface area (Å²) < 4.78 is 11.3. The molecule has 0 saturated heterocycles. The van der Waals surface area contributed by atoms with Crippen LogP contribution in [0.1, 0.15) is 31.0 Å². The standard InChI is InChI=1S/C14H21NO2/c1-10(2)17-12-5-4-11-6-7-16-9-14(15-3)13(11)8-12/h4-5,8,10,14-15H,6-7,9H2,1-3H3. The number of nitrogens with one attached hydrogen (secondary N) is 1. The summed E-state index contributed by atoms with van der Waals surface area (Å²) in [6.07, 6.45) is 1.19. The topological polar surface area (TPSA) is 30.5 Å². The molecule has 17 heavy (non-hydrogen) atoms. The van der Waals surface area contributed by atoms with E-state index in [4.69, 9.17) is 9.47 Å². The molecule has 0 amide bonds. The Hall–Kier alpha value is -1.06. The Bertz CT molecular complexity index is 376. The quantitative estimate of drug-likeness (QED) is 0.872. The number of likely N-dealkylation sites (N-methyl/N-ethyl adjacent to an activating group) is 1. The van der Waals surface area contributed by atoms with E-state index in [1.54, 1.807) is 0 Å². The molecule has 0 saturated carbocycles. The van der Waals surface area contributed by atoms with Crippen LogP contribution >= 0.6 is 0 Å². The molecular weight excluding hydrogens is 214 g/mol. The monoisotopic (exact) mass is 235 g/mol. The van der Waals surface area contributed by atoms with Crippen molar-refractivity contribution < 1.29 is 9.47 Å². The molecule has 3 nitrogen and oxygen atoms in total. The predicted octanol–water partition coefficient (Wildman–Crippen LogP) is 2.31. The molecule has 1 aromatic carbocycles. The molecule has 94 valence electrons. The highest BCUT2D eigenvalue weighted by Crippen LogP contribution is 2.27. The molecule has 0 spiro atoms. The van der Waals surface area contributed by atoms with Crippen LogP contribution in [0.5, 0.6) is 5.75 Å². The van der Waals surface area contributed by atoms with Crippen LogP contribution in [-0.4, -0.2) is 26.4 Å². The molecule has 1 aliphatic rings. The third kappa shape index (κ3) is 2.99. The van der Waals surface area contributed by atoms with E-state index < -0.39 is 0 Å². The predicted molar refractivity (Wildman–Crippen MR) is 68.5 cm³/mol. The summed E-state index contributed by atoms with van der Waals surface area (Å²) in [4.78, 5) is 0. The van der Waals surface area contributed by atoms with E-state index in [0.717, 1.165) is 25.4 Å². The number of hydrogen-bond donors (Lipinski definition) is 1. The Morgan fingerprint density at radius 3 is 2.94 bits per heavy atom. The van der Waals surface area contributed by atoms with E-state index in [-0.39, 0.29) is 12.1 Å². The van der Waals surface area contributed by atoms with Crippen molar-refractivity contribution in [2.75, 3.05) is 20.3 Å². The van der Waals surface area contributed by atoms with Crippen LogP contribution in [0.3, 0.4) is 0 Å². The number of benzene rings is 1. The van der Waals surface area contributed by atoms with Crippen molar-refractivity contribution in [3.8, 4) is 5.75 Å². The fourth-order valence-electron chi connectivity index (χ4n) is 2.18. The fourth-order valence-corrected chi connectivity index (χ4v) is 2.18. The summed E-state index contributed by atoms with van der Waals surface area (Å²) >= 11 is 0. The number of rotatable bonds is 3. The van der Waals surface area contributed by atoms with Gasteiger partial charge in [0.1, 0.15) is 5.75 Å². The first-order valence-electron chi connectivity index (χ1n) is 6.25. The molecule has 1 unspecified atom stereocenters. The third-order valence-electron chi connectivity index (χ3n) is 3.01. The lowest BCUT2D eigenvalue weighted by atomic mass is 9.99. The number of hydrogen-bond acceptors (Lipinski definition) is 3. The summed E-state index contributed by atoms with van der Waals surface area (Å²) in [7, 11) is 1.97. The fraction of sp³-hybridized carbons (Fsp3) is 0.571. The van der Waals surface area contributed by atoms with E-state index in [9.17, 15) is 0 Å². The van der Waals surface area contributed by atoms with E-state index >= 15 is 0 Å². The minimum absolute atomic E-state index is 0.211. The lowest BCUT2D eigenvalue weighted by molar-refractivity contribution is 0.123. The van der Waals surface area contributed by atoms with E-state index in [1.807, 2.05) is 20.9 Å². The van der Waals surface area contributed by atoms with Crippen LogP contribution in [-0.2, 0) is 11.2 Å². The average Bonchev–Trinajstić information content (AvgIpc) is 2.49. The van der Waals surface area contributed by atoms with Crippen molar-refractivity contribution >= 4 is 0 Å². The molecular formula is C14H21NO2. The second-order valence-corrected chi connectivity index (χ2v) is 4.69. The molecule has 1 aromatic rings. The summed E-state index contributed by atoms with van der Waals surface area (Å²) in [5.74, 6) is 0.945. The van der Waals surface area contributed by atoms with Gasteiger partial charge < -0.3 is 14.8 Å². The maximum atomic E-state index is 5.75. The third-order valence-corrected chi connectivity index (χ3v) is 3.01. The van der Waals surface area contributed by atoms with Crippen LogP contribution in [0, 0.1) is 0 Å². The van der Waals surface area contributed by atoms with Crippen LogP contribution in [0.15, 0.2) is 18.2 Å². The summed E-state index contributed by atoms with van der Waals surface area (Å²) in [6.45, 7) is 5.62. The highest BCUT2D eigenvalue weighted by Gasteiger charge is 2.18. The van der Waals surface area contributed by atoms with Crippen LogP contribution in [0.25, 0.3) is 0 Å². The van der Waals surface area contributed by atoms with Gasteiger partial charge in [0.05, 0.1) is 25.4 Å². The van der Waals surface area contributed by atoms with Crippen molar-refractivity contribution in [3.63, 3.8) is 0 Å². The Morgan fingerprint density at radius 1 is 1.41 bits per heavy atom. The van der Waals surface area contributed by atoms with Crippen LogP contribution in [0.4, 0.5) is 0 Å². The highest BCUT2D eigenvalue weighted by atomic mass is 16.5. The van der Waals surface area contributed by atoms with Crippen molar-refractivity contribution in [1.82, 2.24) is 5.32 Å². The first-order valence-corrected chi connectivity index (χ1v) is 6.25. The summed E-state index contributed by atoms with van der Waals surface area (Å²) in [5, 5.41) is 3.30. The van der Waals surface area contributed by atoms with Gasteiger partial charge >= 0.3 is 0 Å². The molecule has 1 atom stereocenters. The Morgan fingerprint density at radius 2 is 2.24 bits per heavy atom. The smallest absolute Gasteiger partial charge is 0.120 e. The highest BCUT2D eigenvalue weighted by molar-refractivity contribution is 5.38. The van der Waals surface area contributed by atoms with Gasteiger partial charge in [0.25, 0.3) is 0 Å². The Labute approximate surface area is 103 Å². The molecule has 0 fully saturated rings. The second-order valence-electron chi connectivity index (χ2n) is 4.69. The summed E-state index contributed by atoms with van der Waals surface area (Å²) in [5.41, 5.74) is 2.67. The van der Waals surface area contributed by atoms with Crippen molar-refractivity contribution in [1.29, 1.82) is 0 Å². The normalized spacial score (nSPS) is 19.9. The van der Waals surface area contributed by atoms with Crippen molar-refractivity contribution in [3.05, 3.63) is 29.3 Å². The first kappa shape index (κ1) is 12.4. The lowest BCUT2D eigenvalue weighted by Crippen LogP contribution is -2.21. The van der Waals surface area contributed by atoms with Gasteiger partial charge in [-0.2, -0.15) is 0 Å². The molecule has 0 radical (unpaired) electrons. The van der Waals surface area contributed by atoms with E-state index in [1.165, 1.54) is 11.1 Å². The summed E-state index contributed by atoms with van der Waals surface area (Å²) in [6, 6.07) is 6.62. The molecule has 0 aromatic heterocycles.